The fourth-order valence-electron chi connectivity index (χ4n) is 2.52. The van der Waals surface area contributed by atoms with E-state index in [0.29, 0.717) is 30.5 Å². The van der Waals surface area contributed by atoms with Crippen LogP contribution < -0.4 is 4.90 Å². The number of ether oxygens (including phenoxy) is 1. The molecule has 1 aliphatic heterocycles. The molecule has 0 radical (unpaired) electrons. The van der Waals surface area contributed by atoms with Gasteiger partial charge in [0.1, 0.15) is 10.6 Å². The Morgan fingerprint density at radius 3 is 2.60 bits per heavy atom. The van der Waals surface area contributed by atoms with E-state index in [1.54, 1.807) is 37.2 Å². The summed E-state index contributed by atoms with van der Waals surface area (Å²) in [5.41, 5.74) is 1.20. The molecule has 0 unspecified atom stereocenters. The van der Waals surface area contributed by atoms with Crippen molar-refractivity contribution in [1.29, 1.82) is 0 Å². The number of carbonyl (C=O) groups excluding carboxylic acids is 2. The summed E-state index contributed by atoms with van der Waals surface area (Å²) in [6, 6.07) is 1.74. The van der Waals surface area contributed by atoms with Crippen LogP contribution in [-0.2, 0) is 9.53 Å². The number of phenolic OH excluding ortho intramolecular Hbond substituents is 1. The van der Waals surface area contributed by atoms with Crippen LogP contribution in [0.2, 0.25) is 5.02 Å². The first kappa shape index (κ1) is 19.1. The van der Waals surface area contributed by atoms with Crippen LogP contribution in [-0.4, -0.2) is 37.6 Å². The van der Waals surface area contributed by atoms with Gasteiger partial charge in [0, 0.05) is 20.5 Å². The zero-order valence-electron chi connectivity index (χ0n) is 14.4. The van der Waals surface area contributed by atoms with Crippen LogP contribution in [0, 0.1) is 0 Å². The fourth-order valence-corrected chi connectivity index (χ4v) is 2.83. The van der Waals surface area contributed by atoms with Crippen LogP contribution in [0.3, 0.4) is 0 Å². The molecule has 5 nitrogen and oxygen atoms in total. The lowest BCUT2D eigenvalue weighted by Crippen LogP contribution is -2.13. The highest BCUT2D eigenvalue weighted by molar-refractivity contribution is 6.35. The van der Waals surface area contributed by atoms with Gasteiger partial charge in [-0.2, -0.15) is 0 Å². The third kappa shape index (κ3) is 4.86. The Labute approximate surface area is 152 Å². The van der Waals surface area contributed by atoms with Gasteiger partial charge in [-0.05, 0) is 37.0 Å². The maximum Gasteiger partial charge on any atom is 0.342 e. The molecule has 1 aromatic rings. The Hall–Kier alpha value is -2.27. The first-order valence-corrected chi connectivity index (χ1v) is 8.55. The second-order valence-electron chi connectivity index (χ2n) is 6.00. The molecule has 0 bridgehead atoms. The molecule has 0 aliphatic carbocycles. The Morgan fingerprint density at radius 1 is 1.16 bits per heavy atom. The molecule has 1 aromatic carbocycles. The number of hydrogen-bond donors (Lipinski definition) is 1. The molecule has 1 heterocycles. The van der Waals surface area contributed by atoms with E-state index in [1.165, 1.54) is 6.08 Å². The molecule has 1 aliphatic rings. The van der Waals surface area contributed by atoms with Crippen LogP contribution in [0.1, 0.15) is 41.6 Å². The molecule has 0 saturated heterocycles. The Morgan fingerprint density at radius 2 is 1.88 bits per heavy atom. The maximum atomic E-state index is 12.4. The van der Waals surface area contributed by atoms with Gasteiger partial charge in [0.25, 0.3) is 0 Å². The summed E-state index contributed by atoms with van der Waals surface area (Å²) in [6.45, 7) is 0.123. The number of aromatic hydroxyl groups is 1. The third-order valence-electron chi connectivity index (χ3n) is 3.85. The SMILES string of the molecule is CN(C)c1cc2c(c(O)c1Cl)C(=O)OCC/C=C\C(=O)CCC/C=C/2. The molecule has 0 amide bonds. The molecule has 0 saturated carbocycles. The minimum Gasteiger partial charge on any atom is -0.505 e. The second-order valence-corrected chi connectivity index (χ2v) is 6.38. The van der Waals surface area contributed by atoms with E-state index in [1.807, 2.05) is 6.08 Å². The number of allylic oxidation sites excluding steroid dienone is 2. The number of rotatable bonds is 1. The summed E-state index contributed by atoms with van der Waals surface area (Å²) in [5.74, 6) is -0.854. The summed E-state index contributed by atoms with van der Waals surface area (Å²) in [6.07, 6.45) is 9.17. The first-order chi connectivity index (χ1) is 11.9. The molecule has 25 heavy (non-hydrogen) atoms. The molecule has 1 N–H and O–H groups in total. The highest BCUT2D eigenvalue weighted by Gasteiger charge is 2.23. The number of anilines is 1. The Balaban J connectivity index is 2.44. The standard InChI is InChI=1S/C19H22ClNO4/c1-21(2)15-12-13-8-4-3-5-9-14(22)10-6-7-11-25-19(24)16(13)18(23)17(15)20/h4,6,8,10,12,23H,3,5,7,9,11H2,1-2H3/b8-4+,10-6-. The number of ketones is 1. The number of fused-ring (bicyclic) bond motifs is 1. The Bertz CT molecular complexity index is 723. The quantitative estimate of drug-likeness (QED) is 0.764. The number of hydrogen-bond acceptors (Lipinski definition) is 5. The van der Waals surface area contributed by atoms with Crippen LogP contribution in [0.5, 0.6) is 5.75 Å². The molecular formula is C19H22ClNO4. The summed E-state index contributed by atoms with van der Waals surface area (Å²) in [4.78, 5) is 25.8. The normalized spacial score (nSPS) is 18.7. The molecule has 0 atom stereocenters. The topological polar surface area (TPSA) is 66.8 Å². The van der Waals surface area contributed by atoms with Crippen molar-refractivity contribution in [3.8, 4) is 5.75 Å². The van der Waals surface area contributed by atoms with Gasteiger partial charge in [0.2, 0.25) is 0 Å². The number of phenols is 1. The predicted octanol–water partition coefficient (Wildman–Crippen LogP) is 3.98. The van der Waals surface area contributed by atoms with Crippen molar-refractivity contribution in [2.45, 2.75) is 25.7 Å². The second kappa shape index (κ2) is 8.72. The number of benzene rings is 1. The van der Waals surface area contributed by atoms with Crippen molar-refractivity contribution in [2.75, 3.05) is 25.6 Å². The van der Waals surface area contributed by atoms with E-state index in [-0.39, 0.29) is 28.7 Å². The van der Waals surface area contributed by atoms with Crippen molar-refractivity contribution < 1.29 is 19.4 Å². The molecule has 0 spiro atoms. The number of nitrogens with zero attached hydrogens (tertiary/aromatic N) is 1. The van der Waals surface area contributed by atoms with Gasteiger partial charge in [-0.3, -0.25) is 4.79 Å². The van der Waals surface area contributed by atoms with Gasteiger partial charge >= 0.3 is 5.97 Å². The zero-order valence-corrected chi connectivity index (χ0v) is 15.2. The van der Waals surface area contributed by atoms with Crippen molar-refractivity contribution in [3.05, 3.63) is 40.4 Å². The largest absolute Gasteiger partial charge is 0.505 e. The van der Waals surface area contributed by atoms with Gasteiger partial charge < -0.3 is 14.7 Å². The number of halogens is 1. The summed E-state index contributed by atoms with van der Waals surface area (Å²) < 4.78 is 5.22. The third-order valence-corrected chi connectivity index (χ3v) is 4.22. The minimum atomic E-state index is -0.638. The highest BCUT2D eigenvalue weighted by atomic mass is 35.5. The van der Waals surface area contributed by atoms with E-state index in [2.05, 4.69) is 0 Å². The van der Waals surface area contributed by atoms with Crippen molar-refractivity contribution in [2.24, 2.45) is 0 Å². The van der Waals surface area contributed by atoms with E-state index < -0.39 is 5.97 Å². The molecular weight excluding hydrogens is 342 g/mol. The highest BCUT2D eigenvalue weighted by Crippen LogP contribution is 2.39. The average molecular weight is 364 g/mol. The van der Waals surface area contributed by atoms with Crippen LogP contribution in [0.15, 0.2) is 24.3 Å². The van der Waals surface area contributed by atoms with E-state index in [4.69, 9.17) is 16.3 Å². The Kier molecular flexibility index (Phi) is 6.65. The van der Waals surface area contributed by atoms with Crippen molar-refractivity contribution >= 4 is 35.1 Å². The molecule has 134 valence electrons. The monoisotopic (exact) mass is 363 g/mol. The van der Waals surface area contributed by atoms with Crippen LogP contribution in [0.25, 0.3) is 6.08 Å². The lowest BCUT2D eigenvalue weighted by Gasteiger charge is -2.19. The maximum absolute atomic E-state index is 12.4. The molecule has 2 rings (SSSR count). The van der Waals surface area contributed by atoms with E-state index in [9.17, 15) is 14.7 Å². The fraction of sp³-hybridized carbons (Fsp3) is 0.368. The van der Waals surface area contributed by atoms with Crippen LogP contribution in [0.4, 0.5) is 5.69 Å². The van der Waals surface area contributed by atoms with E-state index in [0.717, 1.165) is 6.42 Å². The zero-order chi connectivity index (χ0) is 18.4. The lowest BCUT2D eigenvalue weighted by molar-refractivity contribution is -0.114. The van der Waals surface area contributed by atoms with Gasteiger partial charge in [0.15, 0.2) is 11.5 Å². The average Bonchev–Trinajstić information content (AvgIpc) is 2.56. The molecule has 0 fully saturated rings. The van der Waals surface area contributed by atoms with Gasteiger partial charge in [-0.25, -0.2) is 4.79 Å². The van der Waals surface area contributed by atoms with E-state index >= 15 is 0 Å². The summed E-state index contributed by atoms with van der Waals surface area (Å²) in [5, 5.41) is 10.5. The number of cyclic esters (lactones) is 1. The molecule has 6 heteroatoms. The summed E-state index contributed by atoms with van der Waals surface area (Å²) >= 11 is 6.21. The van der Waals surface area contributed by atoms with Gasteiger partial charge in [0.05, 0.1) is 12.3 Å². The summed E-state index contributed by atoms with van der Waals surface area (Å²) in [7, 11) is 3.60. The first-order valence-electron chi connectivity index (χ1n) is 8.17. The van der Waals surface area contributed by atoms with Crippen molar-refractivity contribution in [3.63, 3.8) is 0 Å². The van der Waals surface area contributed by atoms with Crippen LogP contribution >= 0.6 is 11.6 Å². The minimum absolute atomic E-state index is 0.0592. The number of carbonyl (C=O) groups is 2. The van der Waals surface area contributed by atoms with Gasteiger partial charge in [-0.1, -0.05) is 29.8 Å². The van der Waals surface area contributed by atoms with Gasteiger partial charge in [-0.15, -0.1) is 0 Å². The smallest absolute Gasteiger partial charge is 0.342 e. The number of esters is 1. The van der Waals surface area contributed by atoms with Crippen molar-refractivity contribution in [1.82, 2.24) is 0 Å². The lowest BCUT2D eigenvalue weighted by atomic mass is 10.0. The predicted molar refractivity (Wildman–Crippen MR) is 99.4 cm³/mol. The molecule has 0 aromatic heterocycles.